The van der Waals surface area contributed by atoms with Crippen LogP contribution in [0.2, 0.25) is 5.02 Å². The van der Waals surface area contributed by atoms with E-state index in [1.54, 1.807) is 6.07 Å². The molecule has 6 heteroatoms. The predicted molar refractivity (Wildman–Crippen MR) is 125 cm³/mol. The Kier molecular flexibility index (Phi) is 6.38. The molecule has 1 saturated carbocycles. The van der Waals surface area contributed by atoms with Gasteiger partial charge in [0.15, 0.2) is 5.72 Å². The van der Waals surface area contributed by atoms with Crippen LogP contribution >= 0.6 is 11.6 Å². The molecule has 166 valence electrons. The van der Waals surface area contributed by atoms with Gasteiger partial charge >= 0.3 is 0 Å². The van der Waals surface area contributed by atoms with E-state index >= 15 is 0 Å². The largest absolute Gasteiger partial charge is 0.487 e. The van der Waals surface area contributed by atoms with Crippen LogP contribution < -0.4 is 10.1 Å². The van der Waals surface area contributed by atoms with E-state index in [2.05, 4.69) is 31.3 Å². The molecule has 0 saturated heterocycles. The topological polar surface area (TPSA) is 64.6 Å². The summed E-state index contributed by atoms with van der Waals surface area (Å²) in [6.45, 7) is 4.99. The maximum absolute atomic E-state index is 13.2. The second-order valence-corrected chi connectivity index (χ2v) is 8.89. The molecule has 1 amide bonds. The van der Waals surface area contributed by atoms with Crippen molar-refractivity contribution in [2.75, 3.05) is 0 Å². The number of nitrogens with one attached hydrogen (secondary N) is 1. The minimum atomic E-state index is -0.957. The third-order valence-corrected chi connectivity index (χ3v) is 6.31. The number of benzene rings is 3. The Bertz CT molecular complexity index is 1140. The third-order valence-electron chi connectivity index (χ3n) is 6.00. The first kappa shape index (κ1) is 22.2. The van der Waals surface area contributed by atoms with E-state index < -0.39 is 5.72 Å². The Morgan fingerprint density at radius 2 is 1.81 bits per heavy atom. The van der Waals surface area contributed by atoms with Crippen LogP contribution in [0.15, 0.2) is 54.6 Å². The van der Waals surface area contributed by atoms with Gasteiger partial charge in [-0.15, -0.1) is 0 Å². The number of fused-ring (bicyclic) bond motifs is 1. The third kappa shape index (κ3) is 4.44. The number of ether oxygens (including phenoxy) is 2. The molecule has 0 atom stereocenters. The van der Waals surface area contributed by atoms with Gasteiger partial charge in [-0.05, 0) is 29.5 Å². The molecule has 3 aromatic carbocycles. The Hall–Kier alpha value is -3.05. The number of rotatable bonds is 8. The van der Waals surface area contributed by atoms with Crippen LogP contribution in [0.3, 0.4) is 0 Å². The Balaban J connectivity index is 1.67. The summed E-state index contributed by atoms with van der Waals surface area (Å²) in [5.74, 6) is 0.522. The molecule has 0 radical (unpaired) electrons. The summed E-state index contributed by atoms with van der Waals surface area (Å²) < 4.78 is 11.4. The van der Waals surface area contributed by atoms with Crippen molar-refractivity contribution in [3.8, 4) is 5.75 Å². The SMILES string of the molecule is CC(C)c1ccc(COc2c(C(=O)NC3(OC=O)CCC3)cc(Cl)c3ccccc23)cc1. The van der Waals surface area contributed by atoms with Gasteiger partial charge in [0, 0.05) is 28.6 Å². The van der Waals surface area contributed by atoms with Gasteiger partial charge in [0.2, 0.25) is 0 Å². The van der Waals surface area contributed by atoms with Crippen LogP contribution in [-0.2, 0) is 16.1 Å². The number of carbonyl (C=O) groups excluding carboxylic acids is 2. The molecule has 3 aromatic rings. The molecule has 0 spiro atoms. The molecule has 1 fully saturated rings. The van der Waals surface area contributed by atoms with E-state index in [1.165, 1.54) is 5.56 Å². The number of amides is 1. The van der Waals surface area contributed by atoms with Crippen molar-refractivity contribution in [1.82, 2.24) is 5.32 Å². The summed E-state index contributed by atoms with van der Waals surface area (Å²) in [7, 11) is 0. The fourth-order valence-corrected chi connectivity index (χ4v) is 4.19. The Morgan fingerprint density at radius 3 is 2.41 bits per heavy atom. The minimum absolute atomic E-state index is 0.306. The molecule has 5 nitrogen and oxygen atoms in total. The van der Waals surface area contributed by atoms with Crippen molar-refractivity contribution < 1.29 is 19.1 Å². The smallest absolute Gasteiger partial charge is 0.295 e. The number of hydrogen-bond donors (Lipinski definition) is 1. The van der Waals surface area contributed by atoms with Crippen molar-refractivity contribution in [1.29, 1.82) is 0 Å². The van der Waals surface area contributed by atoms with Crippen LogP contribution in [0.1, 0.15) is 60.5 Å². The van der Waals surface area contributed by atoms with Gasteiger partial charge in [0.05, 0.1) is 5.56 Å². The fourth-order valence-electron chi connectivity index (χ4n) is 3.92. The molecule has 1 aliphatic carbocycles. The zero-order chi connectivity index (χ0) is 22.7. The highest BCUT2D eigenvalue weighted by atomic mass is 35.5. The second kappa shape index (κ2) is 9.21. The molecule has 32 heavy (non-hydrogen) atoms. The maximum atomic E-state index is 13.2. The highest BCUT2D eigenvalue weighted by Crippen LogP contribution is 2.38. The number of hydrogen-bond acceptors (Lipinski definition) is 4. The summed E-state index contributed by atoms with van der Waals surface area (Å²) in [6, 6.07) is 17.4. The van der Waals surface area contributed by atoms with Crippen LogP contribution in [-0.4, -0.2) is 18.1 Å². The molecule has 4 rings (SSSR count). The van der Waals surface area contributed by atoms with Crippen molar-refractivity contribution in [2.45, 2.75) is 51.4 Å². The molecular weight excluding hydrogens is 426 g/mol. The van der Waals surface area contributed by atoms with Crippen molar-refractivity contribution in [3.63, 3.8) is 0 Å². The van der Waals surface area contributed by atoms with Gasteiger partial charge < -0.3 is 14.8 Å². The first-order valence-corrected chi connectivity index (χ1v) is 11.2. The maximum Gasteiger partial charge on any atom is 0.295 e. The first-order chi connectivity index (χ1) is 15.4. The van der Waals surface area contributed by atoms with E-state index in [1.807, 2.05) is 36.4 Å². The van der Waals surface area contributed by atoms with Crippen molar-refractivity contribution in [2.24, 2.45) is 0 Å². The zero-order valence-electron chi connectivity index (χ0n) is 18.2. The van der Waals surface area contributed by atoms with Crippen LogP contribution in [0, 0.1) is 0 Å². The van der Waals surface area contributed by atoms with E-state index in [9.17, 15) is 9.59 Å². The summed E-state index contributed by atoms with van der Waals surface area (Å²) in [4.78, 5) is 24.2. The van der Waals surface area contributed by atoms with E-state index in [0.717, 1.165) is 22.8 Å². The Labute approximate surface area is 192 Å². The first-order valence-electron chi connectivity index (χ1n) is 10.8. The average molecular weight is 452 g/mol. The standard InChI is InChI=1S/C26H26ClNO4/c1-17(2)19-10-8-18(9-11-19)15-31-24-21-7-4-3-6-20(21)23(27)14-22(24)25(30)28-26(32-16-29)12-5-13-26/h3-4,6-11,14,16-17H,5,12-13,15H2,1-2H3,(H,28,30). The lowest BCUT2D eigenvalue weighted by atomic mass is 9.87. The summed E-state index contributed by atoms with van der Waals surface area (Å²) in [5, 5.41) is 4.88. The lowest BCUT2D eigenvalue weighted by molar-refractivity contribution is -0.156. The highest BCUT2D eigenvalue weighted by molar-refractivity contribution is 6.36. The zero-order valence-corrected chi connectivity index (χ0v) is 18.9. The van der Waals surface area contributed by atoms with E-state index in [4.69, 9.17) is 21.1 Å². The van der Waals surface area contributed by atoms with Crippen molar-refractivity contribution >= 4 is 34.8 Å². The average Bonchev–Trinajstić information content (AvgIpc) is 2.77. The van der Waals surface area contributed by atoms with Crippen LogP contribution in [0.5, 0.6) is 5.75 Å². The van der Waals surface area contributed by atoms with E-state index in [-0.39, 0.29) is 5.91 Å². The molecule has 0 unspecified atom stereocenters. The minimum Gasteiger partial charge on any atom is -0.487 e. The molecule has 1 N–H and O–H groups in total. The van der Waals surface area contributed by atoms with Gasteiger partial charge in [0.25, 0.3) is 12.4 Å². The Morgan fingerprint density at radius 1 is 1.12 bits per heavy atom. The molecule has 0 aliphatic heterocycles. The fraction of sp³-hybridized carbons (Fsp3) is 0.308. The monoisotopic (exact) mass is 451 g/mol. The van der Waals surface area contributed by atoms with Gasteiger partial charge in [-0.25, -0.2) is 0 Å². The molecule has 1 aliphatic rings. The summed E-state index contributed by atoms with van der Waals surface area (Å²) >= 11 is 6.50. The lowest BCUT2D eigenvalue weighted by Crippen LogP contribution is -2.55. The lowest BCUT2D eigenvalue weighted by Gasteiger charge is -2.40. The highest BCUT2D eigenvalue weighted by Gasteiger charge is 2.41. The second-order valence-electron chi connectivity index (χ2n) is 8.48. The molecule has 0 heterocycles. The van der Waals surface area contributed by atoms with Gasteiger partial charge in [-0.2, -0.15) is 0 Å². The molecule has 0 aromatic heterocycles. The number of halogens is 1. The normalized spacial score (nSPS) is 14.6. The molecule has 0 bridgehead atoms. The van der Waals surface area contributed by atoms with Gasteiger partial charge in [0.1, 0.15) is 12.4 Å². The predicted octanol–water partition coefficient (Wildman–Crippen LogP) is 5.98. The summed E-state index contributed by atoms with van der Waals surface area (Å²) in [5.41, 5.74) is 1.61. The van der Waals surface area contributed by atoms with Gasteiger partial charge in [-0.3, -0.25) is 9.59 Å². The van der Waals surface area contributed by atoms with E-state index in [0.29, 0.717) is 48.2 Å². The summed E-state index contributed by atoms with van der Waals surface area (Å²) in [6.07, 6.45) is 2.04. The number of carbonyl (C=O) groups is 2. The van der Waals surface area contributed by atoms with Crippen molar-refractivity contribution in [3.05, 3.63) is 76.3 Å². The van der Waals surface area contributed by atoms with Crippen LogP contribution in [0.25, 0.3) is 10.8 Å². The molecular formula is C26H26ClNO4. The van der Waals surface area contributed by atoms with Crippen LogP contribution in [0.4, 0.5) is 0 Å². The quantitative estimate of drug-likeness (QED) is 0.338. The van der Waals surface area contributed by atoms with Gasteiger partial charge in [-0.1, -0.05) is 74.0 Å².